The number of carbonyl (C=O) groups is 1. The van der Waals surface area contributed by atoms with Crippen LogP contribution in [-0.4, -0.2) is 43.3 Å². The topological polar surface area (TPSA) is 104 Å². The van der Waals surface area contributed by atoms with Crippen molar-refractivity contribution in [3.63, 3.8) is 0 Å². The molecule has 0 saturated carbocycles. The van der Waals surface area contributed by atoms with Crippen molar-refractivity contribution in [1.29, 1.82) is 0 Å². The second kappa shape index (κ2) is 9.04. The number of para-hydroxylation sites is 1. The molecule has 0 spiro atoms. The van der Waals surface area contributed by atoms with Crippen molar-refractivity contribution in [2.24, 2.45) is 7.05 Å². The van der Waals surface area contributed by atoms with Crippen molar-refractivity contribution in [3.8, 4) is 5.75 Å². The molecule has 1 aromatic heterocycles. The maximum absolute atomic E-state index is 12.1. The third-order valence-corrected chi connectivity index (χ3v) is 5.26. The number of rotatable bonds is 7. The number of hydrogen-bond donors (Lipinski definition) is 1. The van der Waals surface area contributed by atoms with Gasteiger partial charge in [-0.2, -0.15) is 9.76 Å². The normalized spacial score (nSPS) is 12.0. The van der Waals surface area contributed by atoms with Crippen molar-refractivity contribution >= 4 is 40.5 Å². The van der Waals surface area contributed by atoms with Crippen LogP contribution >= 0.6 is 23.4 Å². The quantitative estimate of drug-likeness (QED) is 0.417. The van der Waals surface area contributed by atoms with Gasteiger partial charge in [0.15, 0.2) is 5.16 Å². The summed E-state index contributed by atoms with van der Waals surface area (Å²) in [5.41, 5.74) is 1.28. The van der Waals surface area contributed by atoms with E-state index in [2.05, 4.69) is 5.10 Å². The molecule has 25 heavy (non-hydrogen) atoms. The van der Waals surface area contributed by atoms with Crippen LogP contribution in [0, 0.1) is 0 Å². The molecular weight excluding hydrogens is 392 g/mol. The summed E-state index contributed by atoms with van der Waals surface area (Å²) in [4.78, 5) is 24.3. The van der Waals surface area contributed by atoms with Gasteiger partial charge in [-0.15, -0.1) is 21.4 Å². The zero-order valence-corrected chi connectivity index (χ0v) is 15.7. The molecule has 9 nitrogen and oxygen atoms in total. The van der Waals surface area contributed by atoms with E-state index in [9.17, 15) is 13.8 Å². The minimum atomic E-state index is -2.03. The number of alkyl halides is 1. The Morgan fingerprint density at radius 3 is 2.84 bits per heavy atom. The summed E-state index contributed by atoms with van der Waals surface area (Å²) in [6, 6.07) is 5.49. The van der Waals surface area contributed by atoms with Crippen molar-refractivity contribution in [2.45, 2.75) is 10.1 Å². The zero-order valence-electron chi connectivity index (χ0n) is 13.3. The number of thioether (sulfide) groups is 1. The van der Waals surface area contributed by atoms with E-state index in [4.69, 9.17) is 20.6 Å². The molecule has 1 aromatic carbocycles. The van der Waals surface area contributed by atoms with Gasteiger partial charge in [-0.3, -0.25) is 4.57 Å². The minimum Gasteiger partial charge on any atom is -0.495 e. The second-order valence-electron chi connectivity index (χ2n) is 4.45. The highest BCUT2D eigenvalue weighted by Crippen LogP contribution is 2.21. The third-order valence-electron chi connectivity index (χ3n) is 2.89. The molecular formula is C13H15ClN4O5S2. The summed E-state index contributed by atoms with van der Waals surface area (Å²) in [5, 5.41) is 4.21. The number of benzene rings is 1. The lowest BCUT2D eigenvalue weighted by Gasteiger charge is -2.07. The molecule has 136 valence electrons. The van der Waals surface area contributed by atoms with Gasteiger partial charge in [-0.1, -0.05) is 23.9 Å². The van der Waals surface area contributed by atoms with Crippen LogP contribution in [0.5, 0.6) is 5.75 Å². The van der Waals surface area contributed by atoms with Crippen molar-refractivity contribution in [3.05, 3.63) is 34.7 Å². The lowest BCUT2D eigenvalue weighted by molar-refractivity contribution is 0.186. The second-order valence-corrected chi connectivity index (χ2v) is 6.97. The fourth-order valence-electron chi connectivity index (χ4n) is 1.73. The zero-order chi connectivity index (χ0) is 18.4. The van der Waals surface area contributed by atoms with Gasteiger partial charge in [-0.05, 0) is 12.1 Å². The van der Waals surface area contributed by atoms with Crippen LogP contribution < -0.4 is 15.9 Å². The highest BCUT2D eigenvalue weighted by atomic mass is 35.5. The molecule has 0 aliphatic carbocycles. The van der Waals surface area contributed by atoms with Gasteiger partial charge < -0.3 is 4.74 Å². The standard InChI is InChI=1S/C13H15ClN4O5S2/c1-17-12(24-8-7-14)15-18(13(17)20)11(19)16-23-25(21)10-6-4-3-5-9(10)22-2/h3-6H,7-8H2,1-2H3,(H,16,19). The summed E-state index contributed by atoms with van der Waals surface area (Å²) < 4.78 is 23.8. The van der Waals surface area contributed by atoms with Gasteiger partial charge in [0, 0.05) is 18.7 Å². The largest absolute Gasteiger partial charge is 0.495 e. The number of nitrogens with one attached hydrogen (secondary N) is 1. The van der Waals surface area contributed by atoms with Crippen LogP contribution in [0.1, 0.15) is 0 Å². The van der Waals surface area contributed by atoms with E-state index in [-0.39, 0.29) is 4.90 Å². The summed E-state index contributed by atoms with van der Waals surface area (Å²) in [5.74, 6) is 1.24. The predicted molar refractivity (Wildman–Crippen MR) is 93.3 cm³/mol. The molecule has 12 heteroatoms. The third kappa shape index (κ3) is 4.63. The summed E-state index contributed by atoms with van der Waals surface area (Å²) in [6.45, 7) is 0. The number of ether oxygens (including phenoxy) is 1. The Kier molecular flexibility index (Phi) is 7.05. The smallest absolute Gasteiger partial charge is 0.371 e. The first-order valence-corrected chi connectivity index (χ1v) is 9.46. The molecule has 0 bridgehead atoms. The number of nitrogens with zero attached hydrogens (tertiary/aromatic N) is 3. The van der Waals surface area contributed by atoms with Gasteiger partial charge in [0.1, 0.15) is 10.6 Å². The molecule has 1 N–H and O–H groups in total. The molecule has 0 radical (unpaired) electrons. The SMILES string of the molecule is COc1ccccc1S(=O)ONC(=O)n1nc(SCCCl)n(C)c1=O. The summed E-state index contributed by atoms with van der Waals surface area (Å²) in [7, 11) is 2.89. The molecule has 2 rings (SSSR count). The number of aromatic nitrogens is 3. The van der Waals surface area contributed by atoms with E-state index in [1.165, 1.54) is 36.6 Å². The molecule has 2 aromatic rings. The van der Waals surface area contributed by atoms with Gasteiger partial charge >= 0.3 is 11.7 Å². The van der Waals surface area contributed by atoms with Crippen LogP contribution in [0.3, 0.4) is 0 Å². The summed E-state index contributed by atoms with van der Waals surface area (Å²) >= 11 is 4.79. The number of carbonyl (C=O) groups excluding carboxylic acids is 1. The van der Waals surface area contributed by atoms with Gasteiger partial charge in [-0.25, -0.2) is 13.8 Å². The lowest BCUT2D eigenvalue weighted by atomic mass is 10.3. The van der Waals surface area contributed by atoms with Crippen LogP contribution in [0.15, 0.2) is 39.1 Å². The van der Waals surface area contributed by atoms with E-state index >= 15 is 0 Å². The van der Waals surface area contributed by atoms with Crippen LogP contribution in [0.4, 0.5) is 4.79 Å². The van der Waals surface area contributed by atoms with Gasteiger partial charge in [0.2, 0.25) is 11.1 Å². The van der Waals surface area contributed by atoms with E-state index in [1.807, 2.05) is 5.48 Å². The maximum atomic E-state index is 12.1. The fourth-order valence-corrected chi connectivity index (χ4v) is 3.37. The first kappa shape index (κ1) is 19.5. The monoisotopic (exact) mass is 406 g/mol. The molecule has 0 aliphatic heterocycles. The molecule has 1 atom stereocenters. The fraction of sp³-hybridized carbons (Fsp3) is 0.308. The Morgan fingerprint density at radius 2 is 2.16 bits per heavy atom. The van der Waals surface area contributed by atoms with Crippen molar-refractivity contribution < 1.29 is 18.0 Å². The number of hydroxylamine groups is 1. The van der Waals surface area contributed by atoms with Gasteiger partial charge in [0.25, 0.3) is 0 Å². The molecule has 0 saturated heterocycles. The first-order chi connectivity index (χ1) is 12.0. The highest BCUT2D eigenvalue weighted by molar-refractivity contribution is 7.99. The van der Waals surface area contributed by atoms with Crippen LogP contribution in [0.25, 0.3) is 0 Å². The Hall–Kier alpha value is -1.82. The first-order valence-electron chi connectivity index (χ1n) is 6.86. The van der Waals surface area contributed by atoms with E-state index in [1.54, 1.807) is 18.2 Å². The average Bonchev–Trinajstić information content (AvgIpc) is 2.92. The number of hydrogen-bond acceptors (Lipinski definition) is 7. The van der Waals surface area contributed by atoms with E-state index < -0.39 is 22.8 Å². The molecule has 1 heterocycles. The maximum Gasteiger partial charge on any atom is 0.371 e. The van der Waals surface area contributed by atoms with Crippen LogP contribution in [-0.2, 0) is 22.4 Å². The highest BCUT2D eigenvalue weighted by Gasteiger charge is 2.18. The predicted octanol–water partition coefficient (Wildman–Crippen LogP) is 1.13. The molecule has 1 amide bonds. The van der Waals surface area contributed by atoms with Crippen LogP contribution in [0.2, 0.25) is 0 Å². The van der Waals surface area contributed by atoms with E-state index in [0.717, 1.165) is 0 Å². The van der Waals surface area contributed by atoms with Crippen molar-refractivity contribution in [1.82, 2.24) is 19.8 Å². The van der Waals surface area contributed by atoms with Crippen molar-refractivity contribution in [2.75, 3.05) is 18.7 Å². The van der Waals surface area contributed by atoms with E-state index in [0.29, 0.717) is 27.2 Å². The average molecular weight is 407 g/mol. The molecule has 0 aliphatic rings. The number of amides is 1. The Bertz CT molecular complexity index is 838. The van der Waals surface area contributed by atoms with Gasteiger partial charge in [0.05, 0.1) is 7.11 Å². The Balaban J connectivity index is 2.08. The Morgan fingerprint density at radius 1 is 1.44 bits per heavy atom. The summed E-state index contributed by atoms with van der Waals surface area (Å²) in [6.07, 6.45) is 0. The molecule has 0 fully saturated rings. The lowest BCUT2D eigenvalue weighted by Crippen LogP contribution is -2.37. The minimum absolute atomic E-state index is 0.233. The number of halogens is 1. The number of methoxy groups -OCH3 is 1. The molecule has 1 unspecified atom stereocenters. The Labute approximate surface area is 154 Å².